The van der Waals surface area contributed by atoms with Crippen LogP contribution in [-0.4, -0.2) is 42.2 Å². The molecule has 0 saturated carbocycles. The van der Waals surface area contributed by atoms with Crippen molar-refractivity contribution in [3.05, 3.63) is 70.9 Å². The summed E-state index contributed by atoms with van der Waals surface area (Å²) in [6.07, 6.45) is 1.58. The number of carbonyl (C=O) groups excluding carboxylic acids is 1. The van der Waals surface area contributed by atoms with Gasteiger partial charge in [-0.15, -0.1) is 0 Å². The molecular formula is C20H18FN3OS. The van der Waals surface area contributed by atoms with Gasteiger partial charge in [0.25, 0.3) is 5.91 Å². The van der Waals surface area contributed by atoms with Gasteiger partial charge in [0.05, 0.1) is 4.91 Å². The van der Waals surface area contributed by atoms with Gasteiger partial charge in [-0.05, 0) is 36.0 Å². The highest BCUT2D eigenvalue weighted by atomic mass is 32.2. The van der Waals surface area contributed by atoms with E-state index in [9.17, 15) is 9.18 Å². The minimum Gasteiger partial charge on any atom is -0.368 e. The predicted molar refractivity (Wildman–Crippen MR) is 105 cm³/mol. The monoisotopic (exact) mass is 367 g/mol. The first-order chi connectivity index (χ1) is 12.7. The van der Waals surface area contributed by atoms with Crippen LogP contribution in [0.2, 0.25) is 0 Å². The zero-order valence-corrected chi connectivity index (χ0v) is 15.0. The Morgan fingerprint density at radius 3 is 2.31 bits per heavy atom. The summed E-state index contributed by atoms with van der Waals surface area (Å²) >= 11 is 1.33. The fraction of sp³-hybridized carbons (Fsp3) is 0.200. The van der Waals surface area contributed by atoms with E-state index in [-0.39, 0.29) is 11.7 Å². The van der Waals surface area contributed by atoms with Crippen molar-refractivity contribution in [1.29, 1.82) is 0 Å². The second-order valence-corrected chi connectivity index (χ2v) is 7.15. The number of amidine groups is 1. The number of hydrogen-bond acceptors (Lipinski definition) is 4. The molecule has 1 fully saturated rings. The molecule has 0 spiro atoms. The summed E-state index contributed by atoms with van der Waals surface area (Å²) in [5.74, 6) is -0.628. The van der Waals surface area contributed by atoms with Gasteiger partial charge in [-0.1, -0.05) is 36.4 Å². The number of aliphatic imine (C=N–C) groups is 1. The SMILES string of the molecule is O=C1N=C(N2CCN(c3ccccc3)CC2)SC1=Cc1ccccc1F. The van der Waals surface area contributed by atoms with E-state index in [1.807, 2.05) is 18.2 Å². The maximum Gasteiger partial charge on any atom is 0.286 e. The lowest BCUT2D eigenvalue weighted by atomic mass is 10.2. The molecule has 1 amide bonds. The predicted octanol–water partition coefficient (Wildman–Crippen LogP) is 3.62. The number of amides is 1. The molecule has 26 heavy (non-hydrogen) atoms. The molecule has 2 aromatic carbocycles. The molecule has 132 valence electrons. The van der Waals surface area contributed by atoms with Gasteiger partial charge in [-0.25, -0.2) is 4.39 Å². The standard InChI is InChI=1S/C20H18FN3OS/c21-17-9-5-4-6-15(17)14-18-19(25)22-20(26-18)24-12-10-23(11-13-24)16-7-2-1-3-8-16/h1-9,14H,10-13H2. The summed E-state index contributed by atoms with van der Waals surface area (Å²) in [5.41, 5.74) is 1.62. The van der Waals surface area contributed by atoms with Crippen LogP contribution >= 0.6 is 11.8 Å². The molecule has 0 unspecified atom stereocenters. The number of hydrogen-bond donors (Lipinski definition) is 0. The zero-order chi connectivity index (χ0) is 17.9. The largest absolute Gasteiger partial charge is 0.368 e. The maximum atomic E-state index is 13.8. The first-order valence-electron chi connectivity index (χ1n) is 8.53. The van der Waals surface area contributed by atoms with Crippen LogP contribution in [0.4, 0.5) is 10.1 Å². The molecule has 2 aromatic rings. The Balaban J connectivity index is 1.42. The van der Waals surface area contributed by atoms with Gasteiger partial charge in [0.1, 0.15) is 5.82 Å². The van der Waals surface area contributed by atoms with Crippen LogP contribution in [0, 0.1) is 5.82 Å². The lowest BCUT2D eigenvalue weighted by Gasteiger charge is -2.36. The Morgan fingerprint density at radius 1 is 0.923 bits per heavy atom. The van der Waals surface area contributed by atoms with Gasteiger partial charge in [-0.2, -0.15) is 4.99 Å². The van der Waals surface area contributed by atoms with E-state index in [1.54, 1.807) is 24.3 Å². The lowest BCUT2D eigenvalue weighted by Crippen LogP contribution is -2.47. The smallest absolute Gasteiger partial charge is 0.286 e. The minimum absolute atomic E-state index is 0.293. The van der Waals surface area contributed by atoms with Crippen molar-refractivity contribution in [2.75, 3.05) is 31.1 Å². The van der Waals surface area contributed by atoms with E-state index in [0.717, 1.165) is 26.2 Å². The van der Waals surface area contributed by atoms with Gasteiger partial charge < -0.3 is 9.80 Å². The topological polar surface area (TPSA) is 35.9 Å². The molecule has 4 nitrogen and oxygen atoms in total. The average Bonchev–Trinajstić information content (AvgIpc) is 3.05. The Kier molecular flexibility index (Phi) is 4.75. The van der Waals surface area contributed by atoms with Crippen molar-refractivity contribution in [3.8, 4) is 0 Å². The number of rotatable bonds is 2. The summed E-state index contributed by atoms with van der Waals surface area (Å²) in [5, 5.41) is 0.713. The Morgan fingerprint density at radius 2 is 1.58 bits per heavy atom. The molecule has 0 aliphatic carbocycles. The normalized spacial score (nSPS) is 19.2. The van der Waals surface area contributed by atoms with Gasteiger partial charge in [-0.3, -0.25) is 4.79 Å². The maximum absolute atomic E-state index is 13.8. The van der Waals surface area contributed by atoms with Crippen molar-refractivity contribution >= 4 is 34.6 Å². The summed E-state index contributed by atoms with van der Waals surface area (Å²) < 4.78 is 13.8. The highest BCUT2D eigenvalue weighted by molar-refractivity contribution is 8.18. The van der Waals surface area contributed by atoms with Crippen LogP contribution in [0.3, 0.4) is 0 Å². The van der Waals surface area contributed by atoms with Crippen LogP contribution in [0.25, 0.3) is 6.08 Å². The van der Waals surface area contributed by atoms with E-state index < -0.39 is 0 Å². The highest BCUT2D eigenvalue weighted by Gasteiger charge is 2.28. The molecular weight excluding hydrogens is 349 g/mol. The van der Waals surface area contributed by atoms with Crippen LogP contribution in [0.1, 0.15) is 5.56 Å². The Hall–Kier alpha value is -2.60. The Bertz CT molecular complexity index is 874. The molecule has 0 radical (unpaired) electrons. The molecule has 4 rings (SSSR count). The fourth-order valence-electron chi connectivity index (χ4n) is 3.06. The number of nitrogens with zero attached hydrogens (tertiary/aromatic N) is 3. The first-order valence-corrected chi connectivity index (χ1v) is 9.34. The number of carbonyl (C=O) groups is 1. The molecule has 0 bridgehead atoms. The van der Waals surface area contributed by atoms with Crippen LogP contribution in [-0.2, 0) is 4.79 Å². The number of halogens is 1. The number of anilines is 1. The molecule has 2 aliphatic rings. The van der Waals surface area contributed by atoms with Crippen LogP contribution in [0.5, 0.6) is 0 Å². The fourth-order valence-corrected chi connectivity index (χ4v) is 4.02. The summed E-state index contributed by atoms with van der Waals surface area (Å²) in [7, 11) is 0. The number of thioether (sulfide) groups is 1. The molecule has 0 aromatic heterocycles. The summed E-state index contributed by atoms with van der Waals surface area (Å²) in [6.45, 7) is 3.37. The third kappa shape index (κ3) is 3.51. The average molecular weight is 367 g/mol. The third-order valence-electron chi connectivity index (χ3n) is 4.47. The second kappa shape index (κ2) is 7.33. The van der Waals surface area contributed by atoms with Crippen molar-refractivity contribution < 1.29 is 9.18 Å². The number of piperazine rings is 1. The highest BCUT2D eigenvalue weighted by Crippen LogP contribution is 2.31. The van der Waals surface area contributed by atoms with E-state index in [1.165, 1.54) is 23.5 Å². The first kappa shape index (κ1) is 16.8. The zero-order valence-electron chi connectivity index (χ0n) is 14.1. The lowest BCUT2D eigenvalue weighted by molar-refractivity contribution is -0.113. The molecule has 0 N–H and O–H groups in total. The third-order valence-corrected chi connectivity index (χ3v) is 5.52. The van der Waals surface area contributed by atoms with Crippen molar-refractivity contribution in [3.63, 3.8) is 0 Å². The van der Waals surface area contributed by atoms with Gasteiger partial charge in [0.2, 0.25) is 0 Å². The second-order valence-electron chi connectivity index (χ2n) is 6.14. The summed E-state index contributed by atoms with van der Waals surface area (Å²) in [4.78, 5) is 21.3. The molecule has 2 heterocycles. The minimum atomic E-state index is -0.335. The van der Waals surface area contributed by atoms with E-state index in [2.05, 4.69) is 26.9 Å². The van der Waals surface area contributed by atoms with Gasteiger partial charge >= 0.3 is 0 Å². The number of benzene rings is 2. The van der Waals surface area contributed by atoms with Gasteiger partial charge in [0.15, 0.2) is 5.17 Å². The molecule has 1 saturated heterocycles. The van der Waals surface area contributed by atoms with Crippen LogP contribution in [0.15, 0.2) is 64.5 Å². The van der Waals surface area contributed by atoms with Gasteiger partial charge in [0, 0.05) is 37.4 Å². The van der Waals surface area contributed by atoms with E-state index in [0.29, 0.717) is 15.6 Å². The van der Waals surface area contributed by atoms with Crippen LogP contribution < -0.4 is 4.90 Å². The van der Waals surface area contributed by atoms with E-state index >= 15 is 0 Å². The van der Waals surface area contributed by atoms with Crippen molar-refractivity contribution in [2.45, 2.75) is 0 Å². The van der Waals surface area contributed by atoms with Crippen molar-refractivity contribution in [1.82, 2.24) is 4.90 Å². The number of para-hydroxylation sites is 1. The molecule has 0 atom stereocenters. The van der Waals surface area contributed by atoms with E-state index in [4.69, 9.17) is 0 Å². The Labute approximate surface area is 156 Å². The quantitative estimate of drug-likeness (QED) is 0.760. The summed E-state index contributed by atoms with van der Waals surface area (Å²) in [6, 6.07) is 16.7. The van der Waals surface area contributed by atoms with Crippen molar-refractivity contribution in [2.24, 2.45) is 4.99 Å². The molecule has 6 heteroatoms. The molecule has 2 aliphatic heterocycles.